The third kappa shape index (κ3) is 2.60. The first-order valence-corrected chi connectivity index (χ1v) is 3.98. The van der Waals surface area contributed by atoms with Crippen molar-refractivity contribution in [3.63, 3.8) is 0 Å². The maximum atomic E-state index is 5.87. The Hall–Kier alpha value is -0.350. The van der Waals surface area contributed by atoms with Crippen molar-refractivity contribution >= 4 is 17.0 Å². The second kappa shape index (κ2) is 5.32. The molecule has 0 bridgehead atoms. The molecule has 1 aromatic rings. The molecule has 4 heteroatoms. The van der Waals surface area contributed by atoms with E-state index in [2.05, 4.69) is 11.9 Å². The first kappa shape index (κ1) is 11.6. The van der Waals surface area contributed by atoms with Gasteiger partial charge in [-0.15, -0.1) is 17.0 Å². The van der Waals surface area contributed by atoms with Crippen LogP contribution in [0.1, 0.15) is 31.6 Å². The number of nitrogens with zero attached hydrogens (tertiary/aromatic N) is 2. The van der Waals surface area contributed by atoms with E-state index in [1.165, 1.54) is 0 Å². The smallest absolute Gasteiger partial charge is 0.125 e. The lowest BCUT2D eigenvalue weighted by atomic mass is 10.2. The number of hydrogen-bond acceptors (Lipinski definition) is 2. The number of halogens is 1. The van der Waals surface area contributed by atoms with Gasteiger partial charge in [0.15, 0.2) is 0 Å². The van der Waals surface area contributed by atoms with Gasteiger partial charge in [0.25, 0.3) is 0 Å². The fourth-order valence-corrected chi connectivity index (χ4v) is 1.17. The number of hydrogen-bond donors (Lipinski definition) is 1. The van der Waals surface area contributed by atoms with Crippen LogP contribution < -0.4 is 5.73 Å². The summed E-state index contributed by atoms with van der Waals surface area (Å²) in [7, 11) is 1.97. The van der Waals surface area contributed by atoms with Crippen molar-refractivity contribution in [3.8, 4) is 0 Å². The summed E-state index contributed by atoms with van der Waals surface area (Å²) in [6.07, 6.45) is 5.81. The van der Waals surface area contributed by atoms with Crippen LogP contribution in [0.3, 0.4) is 0 Å². The number of nitrogens with two attached hydrogens (primary N) is 1. The molecule has 0 amide bonds. The van der Waals surface area contributed by atoms with Crippen LogP contribution >= 0.6 is 17.0 Å². The molecule has 1 unspecified atom stereocenters. The van der Waals surface area contributed by atoms with E-state index in [0.29, 0.717) is 0 Å². The van der Waals surface area contributed by atoms with Crippen LogP contribution in [0.25, 0.3) is 0 Å². The first-order chi connectivity index (χ1) is 5.25. The number of aromatic nitrogens is 2. The van der Waals surface area contributed by atoms with Crippen LogP contribution in [-0.2, 0) is 7.05 Å². The predicted octanol–water partition coefficient (Wildman–Crippen LogP) is 1.80. The number of rotatable bonds is 3. The molecule has 0 aliphatic rings. The molecule has 0 aliphatic carbocycles. The van der Waals surface area contributed by atoms with Crippen LogP contribution in [0.15, 0.2) is 12.4 Å². The van der Waals surface area contributed by atoms with E-state index in [0.717, 1.165) is 18.7 Å². The van der Waals surface area contributed by atoms with E-state index in [-0.39, 0.29) is 23.0 Å². The van der Waals surface area contributed by atoms with E-state index >= 15 is 0 Å². The van der Waals surface area contributed by atoms with E-state index in [4.69, 9.17) is 5.73 Å². The maximum Gasteiger partial charge on any atom is 0.125 e. The molecular formula is C8H16BrN3. The third-order valence-electron chi connectivity index (χ3n) is 1.79. The third-order valence-corrected chi connectivity index (χ3v) is 1.79. The van der Waals surface area contributed by atoms with Gasteiger partial charge < -0.3 is 10.3 Å². The largest absolute Gasteiger partial charge is 0.337 e. The lowest BCUT2D eigenvalue weighted by molar-refractivity contribution is 0.579. The molecule has 0 saturated carbocycles. The van der Waals surface area contributed by atoms with E-state index in [9.17, 15) is 0 Å². The molecule has 0 fully saturated rings. The monoisotopic (exact) mass is 233 g/mol. The van der Waals surface area contributed by atoms with Gasteiger partial charge in [-0.1, -0.05) is 13.3 Å². The van der Waals surface area contributed by atoms with Crippen molar-refractivity contribution in [2.75, 3.05) is 0 Å². The van der Waals surface area contributed by atoms with Crippen molar-refractivity contribution in [2.24, 2.45) is 12.8 Å². The molecule has 1 rings (SSSR count). The van der Waals surface area contributed by atoms with Crippen LogP contribution in [0.5, 0.6) is 0 Å². The minimum atomic E-state index is 0. The molecular weight excluding hydrogens is 218 g/mol. The zero-order valence-corrected chi connectivity index (χ0v) is 9.24. The normalized spacial score (nSPS) is 12.2. The Labute approximate surface area is 83.7 Å². The van der Waals surface area contributed by atoms with Gasteiger partial charge in [0.05, 0.1) is 6.04 Å². The van der Waals surface area contributed by atoms with Crippen molar-refractivity contribution < 1.29 is 0 Å². The van der Waals surface area contributed by atoms with Crippen molar-refractivity contribution in [2.45, 2.75) is 25.8 Å². The average Bonchev–Trinajstić information content (AvgIpc) is 2.36. The minimum absolute atomic E-state index is 0. The van der Waals surface area contributed by atoms with Gasteiger partial charge in [0.2, 0.25) is 0 Å². The van der Waals surface area contributed by atoms with Gasteiger partial charge in [-0.2, -0.15) is 0 Å². The van der Waals surface area contributed by atoms with E-state index in [1.807, 2.05) is 17.8 Å². The number of imidazole rings is 1. The predicted molar refractivity (Wildman–Crippen MR) is 55.4 cm³/mol. The highest BCUT2D eigenvalue weighted by atomic mass is 79.9. The molecule has 70 valence electrons. The highest BCUT2D eigenvalue weighted by Gasteiger charge is 2.08. The summed E-state index contributed by atoms with van der Waals surface area (Å²) in [6, 6.07) is 0.0972. The van der Waals surface area contributed by atoms with Gasteiger partial charge in [0, 0.05) is 19.4 Å². The molecule has 0 saturated heterocycles. The summed E-state index contributed by atoms with van der Waals surface area (Å²) >= 11 is 0. The van der Waals surface area contributed by atoms with Crippen LogP contribution in [-0.4, -0.2) is 9.55 Å². The summed E-state index contributed by atoms with van der Waals surface area (Å²) in [5.41, 5.74) is 5.87. The number of aryl methyl sites for hydroxylation is 1. The van der Waals surface area contributed by atoms with Gasteiger partial charge >= 0.3 is 0 Å². The highest BCUT2D eigenvalue weighted by Crippen LogP contribution is 2.11. The fraction of sp³-hybridized carbons (Fsp3) is 0.625. The summed E-state index contributed by atoms with van der Waals surface area (Å²) in [4.78, 5) is 4.17. The van der Waals surface area contributed by atoms with Gasteiger partial charge in [-0.25, -0.2) is 4.98 Å². The Balaban J connectivity index is 0.00000121. The van der Waals surface area contributed by atoms with Gasteiger partial charge in [0.1, 0.15) is 5.82 Å². The quantitative estimate of drug-likeness (QED) is 0.866. The average molecular weight is 234 g/mol. The molecule has 12 heavy (non-hydrogen) atoms. The lowest BCUT2D eigenvalue weighted by Crippen LogP contribution is -2.14. The molecule has 0 radical (unpaired) electrons. The Bertz CT molecular complexity index is 222. The molecule has 0 aliphatic heterocycles. The zero-order chi connectivity index (χ0) is 8.27. The Kier molecular flexibility index (Phi) is 5.17. The molecule has 2 N–H and O–H groups in total. The van der Waals surface area contributed by atoms with Gasteiger partial charge in [-0.3, -0.25) is 0 Å². The Morgan fingerprint density at radius 3 is 2.75 bits per heavy atom. The summed E-state index contributed by atoms with van der Waals surface area (Å²) in [5.74, 6) is 0.979. The first-order valence-electron chi connectivity index (χ1n) is 3.98. The molecule has 0 aromatic carbocycles. The molecule has 1 heterocycles. The summed E-state index contributed by atoms with van der Waals surface area (Å²) in [5, 5.41) is 0. The summed E-state index contributed by atoms with van der Waals surface area (Å²) in [6.45, 7) is 2.13. The molecule has 3 nitrogen and oxygen atoms in total. The second-order valence-electron chi connectivity index (χ2n) is 2.79. The van der Waals surface area contributed by atoms with E-state index < -0.39 is 0 Å². The van der Waals surface area contributed by atoms with E-state index in [1.54, 1.807) is 6.20 Å². The second-order valence-corrected chi connectivity index (χ2v) is 2.79. The standard InChI is InChI=1S/C8H15N3.BrH/c1-3-4-7(9)8-10-5-6-11(8)2;/h5-7H,3-4,9H2,1-2H3;1H. The maximum absolute atomic E-state index is 5.87. The summed E-state index contributed by atoms with van der Waals surface area (Å²) < 4.78 is 1.97. The van der Waals surface area contributed by atoms with Crippen LogP contribution in [0.2, 0.25) is 0 Å². The zero-order valence-electron chi connectivity index (χ0n) is 7.53. The highest BCUT2D eigenvalue weighted by molar-refractivity contribution is 8.93. The van der Waals surface area contributed by atoms with Gasteiger partial charge in [-0.05, 0) is 6.42 Å². The topological polar surface area (TPSA) is 43.8 Å². The van der Waals surface area contributed by atoms with Crippen LogP contribution in [0.4, 0.5) is 0 Å². The van der Waals surface area contributed by atoms with Crippen molar-refractivity contribution in [1.82, 2.24) is 9.55 Å². The lowest BCUT2D eigenvalue weighted by Gasteiger charge is -2.09. The molecule has 1 atom stereocenters. The molecule has 1 aromatic heterocycles. The van der Waals surface area contributed by atoms with Crippen LogP contribution in [0, 0.1) is 0 Å². The minimum Gasteiger partial charge on any atom is -0.337 e. The fourth-order valence-electron chi connectivity index (χ4n) is 1.17. The Morgan fingerprint density at radius 2 is 2.33 bits per heavy atom. The molecule has 0 spiro atoms. The van der Waals surface area contributed by atoms with Crippen molar-refractivity contribution in [1.29, 1.82) is 0 Å². The Morgan fingerprint density at radius 1 is 1.67 bits per heavy atom. The SMILES string of the molecule is Br.CCCC(N)c1nccn1C. The van der Waals surface area contributed by atoms with Crippen molar-refractivity contribution in [3.05, 3.63) is 18.2 Å².